The quantitative estimate of drug-likeness (QED) is 0.463. The minimum atomic E-state index is -0.0855. The number of aromatic nitrogens is 5. The molecule has 178 valence electrons. The van der Waals surface area contributed by atoms with E-state index in [1.807, 2.05) is 29.3 Å². The van der Waals surface area contributed by atoms with Gasteiger partial charge in [-0.15, -0.1) is 16.4 Å². The van der Waals surface area contributed by atoms with E-state index in [9.17, 15) is 0 Å². The first-order chi connectivity index (χ1) is 16.3. The van der Waals surface area contributed by atoms with Gasteiger partial charge < -0.3 is 5.32 Å². The molecular formula is C26H33N7S. The summed E-state index contributed by atoms with van der Waals surface area (Å²) in [6.45, 7) is 11.2. The largest absolute Gasteiger partial charge is 0.302 e. The number of nitrogens with one attached hydrogen (secondary N) is 1. The SMILES string of the molecule is CC1(C)Cc2c(sc3ncn4nc(CCN5CCCC[C@H]5c5cccnc5)nc4c23)C(C)(C)N1. The molecule has 1 N–H and O–H groups in total. The van der Waals surface area contributed by atoms with Crippen molar-refractivity contribution in [3.63, 3.8) is 0 Å². The van der Waals surface area contributed by atoms with Crippen LogP contribution in [0, 0.1) is 0 Å². The maximum atomic E-state index is 5.06. The molecule has 1 atom stereocenters. The Morgan fingerprint density at radius 3 is 2.91 bits per heavy atom. The molecule has 6 heterocycles. The minimum absolute atomic E-state index is 0.0236. The van der Waals surface area contributed by atoms with Gasteiger partial charge in [-0.25, -0.2) is 14.5 Å². The molecule has 6 rings (SSSR count). The summed E-state index contributed by atoms with van der Waals surface area (Å²) >= 11 is 1.80. The number of hydrogen-bond donors (Lipinski definition) is 1. The van der Waals surface area contributed by atoms with Gasteiger partial charge in [0.2, 0.25) is 0 Å². The summed E-state index contributed by atoms with van der Waals surface area (Å²) in [4.78, 5) is 19.2. The van der Waals surface area contributed by atoms with Crippen LogP contribution < -0.4 is 5.32 Å². The highest BCUT2D eigenvalue weighted by Gasteiger charge is 2.40. The van der Waals surface area contributed by atoms with Gasteiger partial charge in [-0.2, -0.15) is 0 Å². The zero-order valence-electron chi connectivity index (χ0n) is 20.5. The van der Waals surface area contributed by atoms with E-state index in [-0.39, 0.29) is 11.1 Å². The number of pyridine rings is 1. The summed E-state index contributed by atoms with van der Waals surface area (Å²) in [5.41, 5.74) is 3.60. The van der Waals surface area contributed by atoms with Crippen molar-refractivity contribution in [2.75, 3.05) is 13.1 Å². The molecule has 4 aromatic heterocycles. The van der Waals surface area contributed by atoms with Crippen LogP contribution in [0.25, 0.3) is 15.9 Å². The average molecular weight is 476 g/mol. The summed E-state index contributed by atoms with van der Waals surface area (Å²) in [6, 6.07) is 4.69. The Morgan fingerprint density at radius 2 is 2.09 bits per heavy atom. The lowest BCUT2D eigenvalue weighted by Crippen LogP contribution is -2.54. The van der Waals surface area contributed by atoms with Crippen molar-refractivity contribution < 1.29 is 0 Å². The van der Waals surface area contributed by atoms with Crippen LogP contribution in [0.1, 0.15) is 74.8 Å². The van der Waals surface area contributed by atoms with E-state index in [2.05, 4.69) is 49.0 Å². The number of piperidine rings is 1. The minimum Gasteiger partial charge on any atom is -0.302 e. The molecule has 2 aliphatic heterocycles. The van der Waals surface area contributed by atoms with Crippen LogP contribution in [-0.2, 0) is 18.4 Å². The first-order valence-corrected chi connectivity index (χ1v) is 13.2. The first-order valence-electron chi connectivity index (χ1n) is 12.4. The Hall–Kier alpha value is -2.42. The van der Waals surface area contributed by atoms with E-state index < -0.39 is 0 Å². The van der Waals surface area contributed by atoms with E-state index >= 15 is 0 Å². The molecule has 0 aliphatic carbocycles. The number of hydrogen-bond acceptors (Lipinski definition) is 7. The number of thiophene rings is 1. The van der Waals surface area contributed by atoms with Crippen molar-refractivity contribution in [1.82, 2.24) is 34.8 Å². The summed E-state index contributed by atoms with van der Waals surface area (Å²) in [6.07, 6.45) is 11.2. The Bertz CT molecular complexity index is 1340. The molecule has 34 heavy (non-hydrogen) atoms. The van der Waals surface area contributed by atoms with Crippen LogP contribution >= 0.6 is 11.3 Å². The molecule has 4 aromatic rings. The van der Waals surface area contributed by atoms with Gasteiger partial charge in [-0.05, 0) is 70.7 Å². The van der Waals surface area contributed by atoms with Crippen LogP contribution in [-0.4, -0.2) is 48.1 Å². The number of likely N-dealkylation sites (tertiary alicyclic amines) is 1. The summed E-state index contributed by atoms with van der Waals surface area (Å²) in [7, 11) is 0. The zero-order chi connectivity index (χ0) is 23.5. The van der Waals surface area contributed by atoms with Gasteiger partial charge in [0.15, 0.2) is 11.5 Å². The van der Waals surface area contributed by atoms with E-state index in [0.717, 1.165) is 42.2 Å². The van der Waals surface area contributed by atoms with Crippen LogP contribution in [0.2, 0.25) is 0 Å². The zero-order valence-corrected chi connectivity index (χ0v) is 21.3. The normalized spacial score (nSPS) is 22.3. The summed E-state index contributed by atoms with van der Waals surface area (Å²) in [5.74, 6) is 0.900. The van der Waals surface area contributed by atoms with E-state index in [1.165, 1.54) is 40.7 Å². The molecule has 7 nitrogen and oxygen atoms in total. The van der Waals surface area contributed by atoms with Gasteiger partial charge in [-0.3, -0.25) is 9.88 Å². The average Bonchev–Trinajstić information content (AvgIpc) is 3.38. The fraction of sp³-hybridized carbons (Fsp3) is 0.538. The fourth-order valence-electron chi connectivity index (χ4n) is 6.12. The van der Waals surface area contributed by atoms with Gasteiger partial charge in [0.25, 0.3) is 0 Å². The Balaban J connectivity index is 1.32. The van der Waals surface area contributed by atoms with E-state index in [0.29, 0.717) is 6.04 Å². The maximum absolute atomic E-state index is 5.06. The highest BCUT2D eigenvalue weighted by atomic mass is 32.1. The molecule has 1 fully saturated rings. The third-order valence-corrected chi connectivity index (χ3v) is 8.78. The molecule has 0 aromatic carbocycles. The van der Waals surface area contributed by atoms with Crippen molar-refractivity contribution in [3.8, 4) is 0 Å². The number of nitrogens with zero attached hydrogens (tertiary/aromatic N) is 6. The molecule has 2 aliphatic rings. The second kappa shape index (κ2) is 8.07. The van der Waals surface area contributed by atoms with Crippen molar-refractivity contribution in [2.24, 2.45) is 0 Å². The van der Waals surface area contributed by atoms with E-state index in [1.54, 1.807) is 11.3 Å². The standard InChI is InChI=1S/C26H33N7S/c1-25(2)14-18-21-23-29-20(30-33(23)16-28-24(21)34-22(18)26(3,4)31-25)10-13-32-12-6-5-9-19(32)17-8-7-11-27-15-17/h7-8,11,15-16,19,31H,5-6,9-10,12-14H2,1-4H3/t19-/m0/s1. The second-order valence-corrected chi connectivity index (χ2v) is 12.0. The predicted molar refractivity (Wildman–Crippen MR) is 136 cm³/mol. The highest BCUT2D eigenvalue weighted by molar-refractivity contribution is 7.19. The van der Waals surface area contributed by atoms with Crippen molar-refractivity contribution in [3.05, 3.63) is 52.7 Å². The predicted octanol–water partition coefficient (Wildman–Crippen LogP) is 4.66. The van der Waals surface area contributed by atoms with E-state index in [4.69, 9.17) is 15.1 Å². The third-order valence-electron chi connectivity index (χ3n) is 7.31. The van der Waals surface area contributed by atoms with Gasteiger partial charge >= 0.3 is 0 Å². The van der Waals surface area contributed by atoms with Crippen LogP contribution in [0.5, 0.6) is 0 Å². The highest BCUT2D eigenvalue weighted by Crippen LogP contribution is 2.44. The first kappa shape index (κ1) is 22.1. The van der Waals surface area contributed by atoms with Crippen molar-refractivity contribution >= 4 is 27.2 Å². The molecule has 0 bridgehead atoms. The lowest BCUT2D eigenvalue weighted by atomic mass is 9.82. The topological polar surface area (TPSA) is 71.2 Å². The van der Waals surface area contributed by atoms with Crippen molar-refractivity contribution in [1.29, 1.82) is 0 Å². The molecule has 8 heteroatoms. The second-order valence-electron chi connectivity index (χ2n) is 11.0. The lowest BCUT2D eigenvalue weighted by Gasteiger charge is -2.42. The molecule has 1 saturated heterocycles. The fourth-order valence-corrected chi connectivity index (χ4v) is 7.33. The van der Waals surface area contributed by atoms with Gasteiger partial charge in [0, 0.05) is 47.4 Å². The number of rotatable bonds is 4. The monoisotopic (exact) mass is 475 g/mol. The third kappa shape index (κ3) is 3.82. The van der Waals surface area contributed by atoms with Gasteiger partial charge in [-0.1, -0.05) is 12.5 Å². The maximum Gasteiger partial charge on any atom is 0.167 e. The smallest absolute Gasteiger partial charge is 0.167 e. The molecule has 0 spiro atoms. The molecule has 0 radical (unpaired) electrons. The molecular weight excluding hydrogens is 442 g/mol. The molecule has 0 unspecified atom stereocenters. The Morgan fingerprint density at radius 1 is 1.21 bits per heavy atom. The lowest BCUT2D eigenvalue weighted by molar-refractivity contribution is 0.149. The molecule has 0 saturated carbocycles. The van der Waals surface area contributed by atoms with Crippen LogP contribution in [0.3, 0.4) is 0 Å². The van der Waals surface area contributed by atoms with Crippen LogP contribution in [0.15, 0.2) is 30.9 Å². The molecule has 0 amide bonds. The van der Waals surface area contributed by atoms with Gasteiger partial charge in [0.05, 0.1) is 5.39 Å². The van der Waals surface area contributed by atoms with Crippen LogP contribution in [0.4, 0.5) is 0 Å². The van der Waals surface area contributed by atoms with Gasteiger partial charge in [0.1, 0.15) is 11.2 Å². The Labute approximate surface area is 204 Å². The summed E-state index contributed by atoms with van der Waals surface area (Å²) in [5, 5.41) is 9.84. The summed E-state index contributed by atoms with van der Waals surface area (Å²) < 4.78 is 1.89. The Kier molecular flexibility index (Phi) is 5.24. The number of fused-ring (bicyclic) bond motifs is 5. The van der Waals surface area contributed by atoms with Crippen molar-refractivity contribution in [2.45, 2.75) is 76.9 Å².